The van der Waals surface area contributed by atoms with E-state index < -0.39 is 39.1 Å². The summed E-state index contributed by atoms with van der Waals surface area (Å²) in [4.78, 5) is 15.2. The molecule has 0 radical (unpaired) electrons. The molecule has 0 fully saturated rings. The smallest absolute Gasteiger partial charge is 0.266 e. The topological polar surface area (TPSA) is 98.5 Å². The summed E-state index contributed by atoms with van der Waals surface area (Å²) >= 11 is 2.71. The molecule has 100 valence electrons. The molecule has 10 heteroatoms. The number of halogens is 3. The van der Waals surface area contributed by atoms with E-state index in [1.165, 1.54) is 4.89 Å². The molecule has 1 aromatic carbocycles. The van der Waals surface area contributed by atoms with Crippen molar-refractivity contribution in [2.75, 3.05) is 6.61 Å². The predicted molar refractivity (Wildman–Crippen MR) is 59.5 cm³/mol. The van der Waals surface area contributed by atoms with Gasteiger partial charge in [-0.25, -0.2) is 17.2 Å². The van der Waals surface area contributed by atoms with Gasteiger partial charge in [0.15, 0.2) is 0 Å². The maximum absolute atomic E-state index is 13.4. The van der Waals surface area contributed by atoms with Gasteiger partial charge in [-0.3, -0.25) is 9.63 Å². The summed E-state index contributed by atoms with van der Waals surface area (Å²) < 4.78 is 49.0. The Bertz CT molecular complexity index is 555. The second kappa shape index (κ2) is 5.69. The van der Waals surface area contributed by atoms with Crippen molar-refractivity contribution in [3.05, 3.63) is 28.2 Å². The summed E-state index contributed by atoms with van der Waals surface area (Å²) in [6.45, 7) is -0.723. The molecule has 0 atom stereocenters. The molecular formula is C8H7BrF2N2O4S. The Labute approximate surface area is 109 Å². The maximum Gasteiger partial charge on any atom is 0.266 e. The average molecular weight is 345 g/mol. The van der Waals surface area contributed by atoms with Crippen LogP contribution in [0.1, 0.15) is 0 Å². The zero-order valence-electron chi connectivity index (χ0n) is 8.61. The first-order chi connectivity index (χ1) is 8.24. The second-order valence-corrected chi connectivity index (χ2v) is 5.48. The van der Waals surface area contributed by atoms with Gasteiger partial charge < -0.3 is 5.73 Å². The van der Waals surface area contributed by atoms with E-state index in [4.69, 9.17) is 5.73 Å². The molecule has 18 heavy (non-hydrogen) atoms. The number of nitrogens with two attached hydrogens (primary N) is 1. The highest BCUT2D eigenvalue weighted by molar-refractivity contribution is 9.10. The van der Waals surface area contributed by atoms with E-state index in [1.807, 2.05) is 0 Å². The standard InChI is InChI=1S/C8H7BrF2N2O4S/c9-5-1-4(10)2-6(11)8(5)18(15,16)13-17-3-7(12)14/h1-2,13H,3H2,(H2,12,14). The van der Waals surface area contributed by atoms with Crippen LogP contribution in [-0.2, 0) is 19.7 Å². The Morgan fingerprint density at radius 2 is 2.06 bits per heavy atom. The summed E-state index contributed by atoms with van der Waals surface area (Å²) in [5.74, 6) is -3.18. The van der Waals surface area contributed by atoms with Crippen LogP contribution >= 0.6 is 15.9 Å². The summed E-state index contributed by atoms with van der Waals surface area (Å²) in [5.41, 5.74) is 4.71. The van der Waals surface area contributed by atoms with Gasteiger partial charge >= 0.3 is 0 Å². The van der Waals surface area contributed by atoms with E-state index >= 15 is 0 Å². The fourth-order valence-corrected chi connectivity index (χ4v) is 2.98. The van der Waals surface area contributed by atoms with E-state index in [0.717, 1.165) is 6.07 Å². The lowest BCUT2D eigenvalue weighted by molar-refractivity contribution is -0.123. The number of nitrogens with one attached hydrogen (secondary N) is 1. The van der Waals surface area contributed by atoms with Crippen LogP contribution in [0.2, 0.25) is 0 Å². The molecule has 6 nitrogen and oxygen atoms in total. The molecular weight excluding hydrogens is 338 g/mol. The third kappa shape index (κ3) is 3.70. The van der Waals surface area contributed by atoms with E-state index in [0.29, 0.717) is 6.07 Å². The van der Waals surface area contributed by atoms with Gasteiger partial charge in [0.05, 0.1) is 0 Å². The zero-order valence-corrected chi connectivity index (χ0v) is 11.0. The maximum atomic E-state index is 13.4. The van der Waals surface area contributed by atoms with Crippen LogP contribution in [0.5, 0.6) is 0 Å². The summed E-state index contributed by atoms with van der Waals surface area (Å²) in [7, 11) is -4.40. The van der Waals surface area contributed by atoms with E-state index in [1.54, 1.807) is 0 Å². The molecule has 0 saturated heterocycles. The molecule has 1 rings (SSSR count). The van der Waals surface area contributed by atoms with Crippen LogP contribution in [0.25, 0.3) is 0 Å². The van der Waals surface area contributed by atoms with Crippen LogP contribution in [0.15, 0.2) is 21.5 Å². The minimum Gasteiger partial charge on any atom is -0.368 e. The molecule has 0 heterocycles. The number of primary amides is 1. The molecule has 0 unspecified atom stereocenters. The Hall–Kier alpha value is -1.10. The zero-order chi connectivity index (χ0) is 13.9. The lowest BCUT2D eigenvalue weighted by atomic mass is 10.3. The van der Waals surface area contributed by atoms with Crippen molar-refractivity contribution in [1.29, 1.82) is 0 Å². The Morgan fingerprint density at radius 3 is 2.56 bits per heavy atom. The first kappa shape index (κ1) is 15.0. The lowest BCUT2D eigenvalue weighted by Gasteiger charge is -2.08. The van der Waals surface area contributed by atoms with Crippen molar-refractivity contribution in [3.8, 4) is 0 Å². The van der Waals surface area contributed by atoms with Crippen molar-refractivity contribution in [2.45, 2.75) is 4.90 Å². The lowest BCUT2D eigenvalue weighted by Crippen LogP contribution is -2.30. The SMILES string of the molecule is NC(=O)CONS(=O)(=O)c1c(F)cc(F)cc1Br. The highest BCUT2D eigenvalue weighted by atomic mass is 79.9. The highest BCUT2D eigenvalue weighted by Crippen LogP contribution is 2.25. The van der Waals surface area contributed by atoms with Crippen molar-refractivity contribution < 1.29 is 26.8 Å². The first-order valence-electron chi connectivity index (χ1n) is 4.30. The number of amides is 1. The number of carbonyl (C=O) groups excluding carboxylic acids is 1. The van der Waals surface area contributed by atoms with Gasteiger partial charge in [-0.15, -0.1) is 0 Å². The molecule has 0 saturated carbocycles. The van der Waals surface area contributed by atoms with Crippen LogP contribution in [0, 0.1) is 11.6 Å². The van der Waals surface area contributed by atoms with Gasteiger partial charge in [0.25, 0.3) is 10.0 Å². The molecule has 0 aliphatic carbocycles. The van der Waals surface area contributed by atoms with Crippen molar-refractivity contribution >= 4 is 31.9 Å². The normalized spacial score (nSPS) is 11.5. The number of sulfonamides is 1. The monoisotopic (exact) mass is 344 g/mol. The fraction of sp³-hybridized carbons (Fsp3) is 0.125. The number of rotatable bonds is 5. The van der Waals surface area contributed by atoms with E-state index in [9.17, 15) is 22.0 Å². The van der Waals surface area contributed by atoms with Gasteiger partial charge in [0.2, 0.25) is 5.91 Å². The van der Waals surface area contributed by atoms with Crippen LogP contribution in [0.3, 0.4) is 0 Å². The minimum atomic E-state index is -4.40. The van der Waals surface area contributed by atoms with Gasteiger partial charge in [-0.05, 0) is 22.0 Å². The average Bonchev–Trinajstić information content (AvgIpc) is 2.13. The van der Waals surface area contributed by atoms with Gasteiger partial charge in [0.1, 0.15) is 23.1 Å². The number of hydrogen-bond donors (Lipinski definition) is 2. The number of benzene rings is 1. The Morgan fingerprint density at radius 1 is 1.44 bits per heavy atom. The third-order valence-electron chi connectivity index (χ3n) is 1.61. The number of hydrogen-bond acceptors (Lipinski definition) is 4. The van der Waals surface area contributed by atoms with Crippen LogP contribution < -0.4 is 10.6 Å². The van der Waals surface area contributed by atoms with Crippen molar-refractivity contribution in [2.24, 2.45) is 5.73 Å². The summed E-state index contributed by atoms with van der Waals surface area (Å²) in [5, 5.41) is 0. The molecule has 0 aromatic heterocycles. The van der Waals surface area contributed by atoms with Crippen LogP contribution in [0.4, 0.5) is 8.78 Å². The molecule has 0 aliphatic heterocycles. The van der Waals surface area contributed by atoms with Gasteiger partial charge in [-0.2, -0.15) is 0 Å². The molecule has 0 bridgehead atoms. The molecule has 0 aliphatic rings. The highest BCUT2D eigenvalue weighted by Gasteiger charge is 2.24. The van der Waals surface area contributed by atoms with E-state index in [2.05, 4.69) is 20.8 Å². The number of carbonyl (C=O) groups is 1. The predicted octanol–water partition coefficient (Wildman–Crippen LogP) is 0.422. The fourth-order valence-electron chi connectivity index (χ4n) is 1.01. The molecule has 3 N–H and O–H groups in total. The Balaban J connectivity index is 3.02. The molecule has 1 amide bonds. The minimum absolute atomic E-state index is 0.324. The third-order valence-corrected chi connectivity index (χ3v) is 3.79. The van der Waals surface area contributed by atoms with E-state index in [-0.39, 0.29) is 4.47 Å². The second-order valence-electron chi connectivity index (χ2n) is 3.04. The van der Waals surface area contributed by atoms with Gasteiger partial charge in [-0.1, -0.05) is 4.89 Å². The first-order valence-corrected chi connectivity index (χ1v) is 6.58. The van der Waals surface area contributed by atoms with Gasteiger partial charge in [0, 0.05) is 10.5 Å². The summed E-state index contributed by atoms with van der Waals surface area (Å²) in [6, 6.07) is 1.17. The summed E-state index contributed by atoms with van der Waals surface area (Å²) in [6.07, 6.45) is 0. The van der Waals surface area contributed by atoms with Crippen molar-refractivity contribution in [1.82, 2.24) is 4.89 Å². The quantitative estimate of drug-likeness (QED) is 0.756. The Kier molecular flexibility index (Phi) is 4.73. The largest absolute Gasteiger partial charge is 0.368 e. The van der Waals surface area contributed by atoms with Crippen LogP contribution in [-0.4, -0.2) is 20.9 Å². The molecule has 1 aromatic rings. The molecule has 0 spiro atoms. The van der Waals surface area contributed by atoms with Crippen molar-refractivity contribution in [3.63, 3.8) is 0 Å².